The van der Waals surface area contributed by atoms with Gasteiger partial charge in [-0.3, -0.25) is 14.6 Å². The Morgan fingerprint density at radius 2 is 1.53 bits per heavy atom. The fourth-order valence-electron chi connectivity index (χ4n) is 4.32. The molecule has 0 aliphatic carbocycles. The van der Waals surface area contributed by atoms with Crippen molar-refractivity contribution < 1.29 is 17.9 Å². The molecule has 1 N–H and O–H groups in total. The number of rotatable bonds is 9. The number of benzene rings is 2. The second-order valence-corrected chi connectivity index (χ2v) is 10.7. The van der Waals surface area contributed by atoms with Crippen molar-refractivity contribution in [2.24, 2.45) is 0 Å². The molecule has 1 amide bonds. The second-order valence-electron chi connectivity index (χ2n) is 8.75. The van der Waals surface area contributed by atoms with Crippen LogP contribution in [0.4, 0.5) is 0 Å². The van der Waals surface area contributed by atoms with E-state index in [2.05, 4.69) is 15.1 Å². The van der Waals surface area contributed by atoms with Crippen LogP contribution in [0.3, 0.4) is 0 Å². The molecular formula is C25H34N4O4S. The minimum Gasteiger partial charge on any atom is -0.379 e. The lowest BCUT2D eigenvalue weighted by Crippen LogP contribution is -2.48. The summed E-state index contributed by atoms with van der Waals surface area (Å²) in [6.07, 6.45) is 0.926. The van der Waals surface area contributed by atoms with Crippen LogP contribution in [0.5, 0.6) is 0 Å². The van der Waals surface area contributed by atoms with Gasteiger partial charge in [-0.15, -0.1) is 0 Å². The van der Waals surface area contributed by atoms with Crippen molar-refractivity contribution >= 4 is 15.9 Å². The summed E-state index contributed by atoms with van der Waals surface area (Å²) in [5.41, 5.74) is 1.78. The molecule has 34 heavy (non-hydrogen) atoms. The average molecular weight is 487 g/mol. The number of ether oxygens (including phenoxy) is 1. The van der Waals surface area contributed by atoms with Gasteiger partial charge in [0.1, 0.15) is 0 Å². The molecule has 8 nitrogen and oxygen atoms in total. The van der Waals surface area contributed by atoms with Gasteiger partial charge in [-0.05, 0) is 42.8 Å². The summed E-state index contributed by atoms with van der Waals surface area (Å²) in [6.45, 7) is 8.19. The normalized spacial score (nSPS) is 18.6. The number of morpholine rings is 1. The Hall–Kier alpha value is -2.30. The van der Waals surface area contributed by atoms with Gasteiger partial charge in [-0.1, -0.05) is 30.3 Å². The summed E-state index contributed by atoms with van der Waals surface area (Å²) in [5, 5.41) is 3.00. The van der Waals surface area contributed by atoms with Gasteiger partial charge in [0, 0.05) is 57.9 Å². The molecule has 2 aliphatic heterocycles. The first kappa shape index (κ1) is 24.8. The number of carbonyl (C=O) groups excluding carboxylic acids is 1. The molecule has 4 rings (SSSR count). The number of hydrogen-bond donors (Lipinski definition) is 1. The van der Waals surface area contributed by atoms with Crippen LogP contribution in [0.1, 0.15) is 22.3 Å². The van der Waals surface area contributed by atoms with Crippen molar-refractivity contribution in [3.8, 4) is 0 Å². The predicted molar refractivity (Wildman–Crippen MR) is 131 cm³/mol. The Balaban J connectivity index is 1.19. The van der Waals surface area contributed by atoms with E-state index in [4.69, 9.17) is 4.74 Å². The molecule has 2 heterocycles. The fraction of sp³-hybridized carbons (Fsp3) is 0.480. The van der Waals surface area contributed by atoms with E-state index in [0.717, 1.165) is 51.4 Å². The molecule has 2 fully saturated rings. The van der Waals surface area contributed by atoms with Gasteiger partial charge in [0.25, 0.3) is 5.91 Å². The maximum atomic E-state index is 12.8. The van der Waals surface area contributed by atoms with Gasteiger partial charge in [0.2, 0.25) is 10.0 Å². The zero-order chi connectivity index (χ0) is 23.8. The average Bonchev–Trinajstić information content (AvgIpc) is 2.88. The van der Waals surface area contributed by atoms with Crippen molar-refractivity contribution in [3.05, 3.63) is 65.7 Å². The van der Waals surface area contributed by atoms with Crippen molar-refractivity contribution in [2.75, 3.05) is 65.6 Å². The van der Waals surface area contributed by atoms with Gasteiger partial charge in [0.15, 0.2) is 0 Å². The highest BCUT2D eigenvalue weighted by atomic mass is 32.2. The molecule has 0 radical (unpaired) electrons. The van der Waals surface area contributed by atoms with E-state index in [9.17, 15) is 13.2 Å². The molecule has 0 saturated carbocycles. The molecule has 0 spiro atoms. The van der Waals surface area contributed by atoms with Crippen molar-refractivity contribution in [1.29, 1.82) is 0 Å². The largest absolute Gasteiger partial charge is 0.379 e. The molecule has 0 atom stereocenters. The standard InChI is InChI=1S/C25H34N4O4S/c30-25(26-11-4-12-27-17-19-33-20-18-27)23-9-7-22(8-10-23)21-28-13-15-29(16-14-28)34(31,32)24-5-2-1-3-6-24/h1-3,5-10H,4,11-21H2,(H,26,30). The Kier molecular flexibility index (Phi) is 8.69. The van der Waals surface area contributed by atoms with Crippen molar-refractivity contribution in [2.45, 2.75) is 17.9 Å². The molecule has 0 aromatic heterocycles. The van der Waals surface area contributed by atoms with Crippen LogP contribution in [0.25, 0.3) is 0 Å². The first-order valence-corrected chi connectivity index (χ1v) is 13.4. The molecule has 0 unspecified atom stereocenters. The van der Waals surface area contributed by atoms with E-state index in [0.29, 0.717) is 43.2 Å². The number of nitrogens with one attached hydrogen (secondary N) is 1. The van der Waals surface area contributed by atoms with Crippen LogP contribution in [-0.2, 0) is 21.3 Å². The first-order valence-electron chi connectivity index (χ1n) is 12.0. The molecule has 0 bridgehead atoms. The quantitative estimate of drug-likeness (QED) is 0.543. The summed E-state index contributed by atoms with van der Waals surface area (Å²) in [7, 11) is -3.44. The lowest BCUT2D eigenvalue weighted by molar-refractivity contribution is 0.0374. The van der Waals surface area contributed by atoms with E-state index in [-0.39, 0.29) is 5.91 Å². The van der Waals surface area contributed by atoms with E-state index < -0.39 is 10.0 Å². The summed E-state index contributed by atoms with van der Waals surface area (Å²) in [6, 6.07) is 16.3. The minimum atomic E-state index is -3.44. The van der Waals surface area contributed by atoms with Crippen LogP contribution in [0, 0.1) is 0 Å². The van der Waals surface area contributed by atoms with E-state index in [1.165, 1.54) is 0 Å². The zero-order valence-corrected chi connectivity index (χ0v) is 20.4. The number of hydrogen-bond acceptors (Lipinski definition) is 6. The summed E-state index contributed by atoms with van der Waals surface area (Å²) in [4.78, 5) is 17.4. The van der Waals surface area contributed by atoms with Crippen LogP contribution in [0.2, 0.25) is 0 Å². The van der Waals surface area contributed by atoms with Gasteiger partial charge < -0.3 is 10.1 Å². The highest BCUT2D eigenvalue weighted by Crippen LogP contribution is 2.18. The topological polar surface area (TPSA) is 82.2 Å². The molecule has 2 aromatic rings. The third-order valence-electron chi connectivity index (χ3n) is 6.37. The molecule has 2 saturated heterocycles. The first-order chi connectivity index (χ1) is 16.5. The van der Waals surface area contributed by atoms with Crippen LogP contribution < -0.4 is 5.32 Å². The van der Waals surface area contributed by atoms with E-state index in [1.807, 2.05) is 30.3 Å². The maximum absolute atomic E-state index is 12.8. The number of piperazine rings is 1. The van der Waals surface area contributed by atoms with Gasteiger partial charge in [-0.2, -0.15) is 4.31 Å². The van der Waals surface area contributed by atoms with Crippen molar-refractivity contribution in [3.63, 3.8) is 0 Å². The number of carbonyl (C=O) groups is 1. The number of nitrogens with zero attached hydrogens (tertiary/aromatic N) is 3. The summed E-state index contributed by atoms with van der Waals surface area (Å²) < 4.78 is 32.5. The lowest BCUT2D eigenvalue weighted by Gasteiger charge is -2.34. The summed E-state index contributed by atoms with van der Waals surface area (Å²) >= 11 is 0. The Bertz CT molecular complexity index is 1020. The smallest absolute Gasteiger partial charge is 0.251 e. The van der Waals surface area contributed by atoms with Crippen LogP contribution >= 0.6 is 0 Å². The van der Waals surface area contributed by atoms with Crippen molar-refractivity contribution in [1.82, 2.24) is 19.4 Å². The Morgan fingerprint density at radius 1 is 0.853 bits per heavy atom. The Labute approximate surface area is 202 Å². The second kappa shape index (κ2) is 11.9. The minimum absolute atomic E-state index is 0.0479. The monoisotopic (exact) mass is 486 g/mol. The zero-order valence-electron chi connectivity index (χ0n) is 19.6. The number of sulfonamides is 1. The molecule has 9 heteroatoms. The molecule has 2 aromatic carbocycles. The third kappa shape index (κ3) is 6.64. The lowest BCUT2D eigenvalue weighted by atomic mass is 10.1. The number of amides is 1. The van der Waals surface area contributed by atoms with Gasteiger partial charge >= 0.3 is 0 Å². The van der Waals surface area contributed by atoms with Crippen LogP contribution in [-0.4, -0.2) is 94.0 Å². The molecule has 184 valence electrons. The summed E-state index contributed by atoms with van der Waals surface area (Å²) in [5.74, 6) is -0.0479. The van der Waals surface area contributed by atoms with Gasteiger partial charge in [0.05, 0.1) is 18.1 Å². The Morgan fingerprint density at radius 3 is 2.21 bits per heavy atom. The highest BCUT2D eigenvalue weighted by molar-refractivity contribution is 7.89. The molecular weight excluding hydrogens is 452 g/mol. The highest BCUT2D eigenvalue weighted by Gasteiger charge is 2.28. The predicted octanol–water partition coefficient (Wildman–Crippen LogP) is 1.65. The van der Waals surface area contributed by atoms with E-state index in [1.54, 1.807) is 28.6 Å². The van der Waals surface area contributed by atoms with E-state index >= 15 is 0 Å². The third-order valence-corrected chi connectivity index (χ3v) is 8.29. The SMILES string of the molecule is O=C(NCCCN1CCOCC1)c1ccc(CN2CCN(S(=O)(=O)c3ccccc3)CC2)cc1. The molecule has 2 aliphatic rings. The van der Waals surface area contributed by atoms with Gasteiger partial charge in [-0.25, -0.2) is 8.42 Å². The fourth-order valence-corrected chi connectivity index (χ4v) is 5.76. The van der Waals surface area contributed by atoms with Crippen LogP contribution in [0.15, 0.2) is 59.5 Å². The maximum Gasteiger partial charge on any atom is 0.251 e.